The highest BCUT2D eigenvalue weighted by Crippen LogP contribution is 2.27. The Kier molecular flexibility index (Phi) is 7.04. The van der Waals surface area contributed by atoms with Gasteiger partial charge in [0.15, 0.2) is 0 Å². The third-order valence-corrected chi connectivity index (χ3v) is 5.72. The van der Waals surface area contributed by atoms with Crippen molar-refractivity contribution in [3.8, 4) is 16.9 Å². The van der Waals surface area contributed by atoms with Crippen LogP contribution >= 0.6 is 0 Å². The van der Waals surface area contributed by atoms with Gasteiger partial charge in [0, 0.05) is 18.7 Å². The molecule has 0 spiro atoms. The van der Waals surface area contributed by atoms with E-state index in [0.29, 0.717) is 37.6 Å². The molecule has 2 aliphatic rings. The molecule has 0 saturated carbocycles. The smallest absolute Gasteiger partial charge is 0.254 e. The zero-order valence-electron chi connectivity index (χ0n) is 17.4. The first kappa shape index (κ1) is 22.7. The van der Waals surface area contributed by atoms with E-state index in [-0.39, 0.29) is 5.91 Å². The third-order valence-electron chi connectivity index (χ3n) is 5.72. The van der Waals surface area contributed by atoms with E-state index in [0.717, 1.165) is 11.1 Å². The Hall–Kier alpha value is -2.53. The van der Waals surface area contributed by atoms with E-state index in [9.17, 15) is 25.2 Å². The van der Waals surface area contributed by atoms with Crippen molar-refractivity contribution in [1.29, 1.82) is 0 Å². The number of carbonyl (C=O) groups is 1. The lowest BCUT2D eigenvalue weighted by molar-refractivity contribution is -0.277. The minimum atomic E-state index is -1.50. The van der Waals surface area contributed by atoms with Crippen LogP contribution in [0.3, 0.4) is 0 Å². The molecule has 4 rings (SSSR count). The summed E-state index contributed by atoms with van der Waals surface area (Å²) in [6.07, 6.45) is -6.67. The number of hydrogen-bond donors (Lipinski definition) is 4. The molecule has 2 heterocycles. The van der Waals surface area contributed by atoms with Crippen LogP contribution < -0.4 is 4.74 Å². The molecule has 172 valence electrons. The van der Waals surface area contributed by atoms with Crippen molar-refractivity contribution in [2.75, 3.05) is 32.9 Å². The van der Waals surface area contributed by atoms with E-state index in [1.807, 2.05) is 24.3 Å². The second-order valence-corrected chi connectivity index (χ2v) is 7.82. The number of aliphatic hydroxyl groups is 4. The average Bonchev–Trinajstić information content (AvgIpc) is 2.85. The predicted molar refractivity (Wildman–Crippen MR) is 113 cm³/mol. The molecule has 0 radical (unpaired) electrons. The summed E-state index contributed by atoms with van der Waals surface area (Å²) in [6.45, 7) is 1.78. The van der Waals surface area contributed by atoms with Crippen LogP contribution in [-0.4, -0.2) is 94.8 Å². The first-order valence-corrected chi connectivity index (χ1v) is 10.5. The SMILES string of the molecule is O=C(c1ccc(-c2ccc(O[C@H]3O[C@H](CO)[C@@H](O)[C@H](O)[C@@H]3O)cc2)cc1)N1CCOCC1. The minimum absolute atomic E-state index is 0.0110. The molecule has 2 aromatic carbocycles. The molecular weight excluding hydrogens is 418 g/mol. The summed E-state index contributed by atoms with van der Waals surface area (Å²) in [5.41, 5.74) is 2.44. The zero-order valence-corrected chi connectivity index (χ0v) is 17.4. The van der Waals surface area contributed by atoms with Crippen molar-refractivity contribution in [2.24, 2.45) is 0 Å². The number of carbonyl (C=O) groups excluding carboxylic acids is 1. The maximum Gasteiger partial charge on any atom is 0.254 e. The topological polar surface area (TPSA) is 129 Å². The number of nitrogens with zero attached hydrogens (tertiary/aromatic N) is 1. The molecule has 9 heteroatoms. The van der Waals surface area contributed by atoms with Crippen molar-refractivity contribution in [3.63, 3.8) is 0 Å². The fraction of sp³-hybridized carbons (Fsp3) is 0.435. The lowest BCUT2D eigenvalue weighted by Gasteiger charge is -2.39. The Labute approximate surface area is 185 Å². The van der Waals surface area contributed by atoms with Gasteiger partial charge in [0.25, 0.3) is 5.91 Å². The minimum Gasteiger partial charge on any atom is -0.462 e. The van der Waals surface area contributed by atoms with Crippen molar-refractivity contribution < 1.29 is 39.4 Å². The quantitative estimate of drug-likeness (QED) is 0.507. The van der Waals surface area contributed by atoms with E-state index in [1.165, 1.54) is 0 Å². The molecule has 0 bridgehead atoms. The summed E-state index contributed by atoms with van der Waals surface area (Å²) >= 11 is 0. The van der Waals surface area contributed by atoms with Gasteiger partial charge in [-0.3, -0.25) is 4.79 Å². The van der Waals surface area contributed by atoms with Gasteiger partial charge in [-0.25, -0.2) is 0 Å². The number of rotatable bonds is 5. The molecule has 2 aromatic rings. The van der Waals surface area contributed by atoms with Gasteiger partial charge in [-0.2, -0.15) is 0 Å². The lowest BCUT2D eigenvalue weighted by Crippen LogP contribution is -2.60. The fourth-order valence-electron chi connectivity index (χ4n) is 3.78. The van der Waals surface area contributed by atoms with Crippen LogP contribution in [0, 0.1) is 0 Å². The number of benzene rings is 2. The molecule has 0 aliphatic carbocycles. The highest BCUT2D eigenvalue weighted by atomic mass is 16.7. The first-order chi connectivity index (χ1) is 15.5. The maximum absolute atomic E-state index is 12.6. The average molecular weight is 445 g/mol. The van der Waals surface area contributed by atoms with Crippen molar-refractivity contribution in [2.45, 2.75) is 30.7 Å². The first-order valence-electron chi connectivity index (χ1n) is 10.5. The molecule has 2 fully saturated rings. The summed E-state index contributed by atoms with van der Waals surface area (Å²) in [5, 5.41) is 39.1. The molecule has 5 atom stereocenters. The lowest BCUT2D eigenvalue weighted by atomic mass is 9.99. The number of amides is 1. The van der Waals surface area contributed by atoms with E-state index < -0.39 is 37.3 Å². The Bertz CT molecular complexity index is 895. The molecule has 4 N–H and O–H groups in total. The molecule has 2 aliphatic heterocycles. The molecule has 32 heavy (non-hydrogen) atoms. The van der Waals surface area contributed by atoms with Crippen LogP contribution in [-0.2, 0) is 9.47 Å². The molecule has 0 unspecified atom stereocenters. The standard InChI is InChI=1S/C23H27NO8/c25-13-18-19(26)20(27)21(28)23(32-18)31-17-7-5-15(6-8-17)14-1-3-16(4-2-14)22(29)24-9-11-30-12-10-24/h1-8,18-21,23,25-28H,9-13H2/t18-,19-,20+,21+,23+/m1/s1. The highest BCUT2D eigenvalue weighted by molar-refractivity contribution is 5.94. The predicted octanol–water partition coefficient (Wildman–Crippen LogP) is 0.00470. The third kappa shape index (κ3) is 4.78. The fourth-order valence-corrected chi connectivity index (χ4v) is 3.78. The summed E-state index contributed by atoms with van der Waals surface area (Å²) < 4.78 is 16.3. The summed E-state index contributed by atoms with van der Waals surface area (Å²) in [6, 6.07) is 14.3. The van der Waals surface area contributed by atoms with Gasteiger partial charge in [-0.05, 0) is 35.4 Å². The van der Waals surface area contributed by atoms with Gasteiger partial charge in [-0.15, -0.1) is 0 Å². The van der Waals surface area contributed by atoms with Crippen molar-refractivity contribution >= 4 is 5.91 Å². The van der Waals surface area contributed by atoms with Gasteiger partial charge in [-0.1, -0.05) is 24.3 Å². The van der Waals surface area contributed by atoms with Gasteiger partial charge in [0.2, 0.25) is 6.29 Å². The number of morpholine rings is 1. The highest BCUT2D eigenvalue weighted by Gasteiger charge is 2.44. The van der Waals surface area contributed by atoms with E-state index >= 15 is 0 Å². The van der Waals surface area contributed by atoms with Gasteiger partial charge in [0.05, 0.1) is 19.8 Å². The monoisotopic (exact) mass is 445 g/mol. The van der Waals surface area contributed by atoms with E-state index in [4.69, 9.17) is 14.2 Å². The van der Waals surface area contributed by atoms with Crippen LogP contribution in [0.1, 0.15) is 10.4 Å². The van der Waals surface area contributed by atoms with Crippen LogP contribution in [0.15, 0.2) is 48.5 Å². The Balaban J connectivity index is 1.40. The zero-order chi connectivity index (χ0) is 22.7. The number of aliphatic hydroxyl groups excluding tert-OH is 4. The summed E-state index contributed by atoms with van der Waals surface area (Å²) in [5.74, 6) is 0.375. The Morgan fingerprint density at radius 3 is 2.09 bits per heavy atom. The van der Waals surface area contributed by atoms with Gasteiger partial charge >= 0.3 is 0 Å². The van der Waals surface area contributed by atoms with Crippen LogP contribution in [0.4, 0.5) is 0 Å². The second kappa shape index (κ2) is 9.95. The molecule has 1 amide bonds. The number of hydrogen-bond acceptors (Lipinski definition) is 8. The molecule has 0 aromatic heterocycles. The van der Waals surface area contributed by atoms with Crippen molar-refractivity contribution in [1.82, 2.24) is 4.90 Å². The number of ether oxygens (including phenoxy) is 3. The largest absolute Gasteiger partial charge is 0.462 e. The Morgan fingerprint density at radius 2 is 1.50 bits per heavy atom. The summed E-state index contributed by atoms with van der Waals surface area (Å²) in [4.78, 5) is 14.3. The van der Waals surface area contributed by atoms with E-state index in [2.05, 4.69) is 0 Å². The second-order valence-electron chi connectivity index (χ2n) is 7.82. The Morgan fingerprint density at radius 1 is 0.906 bits per heavy atom. The van der Waals surface area contributed by atoms with Crippen LogP contribution in [0.2, 0.25) is 0 Å². The van der Waals surface area contributed by atoms with Crippen LogP contribution in [0.5, 0.6) is 5.75 Å². The summed E-state index contributed by atoms with van der Waals surface area (Å²) in [7, 11) is 0. The normalized spacial score (nSPS) is 28.4. The molecular formula is C23H27NO8. The van der Waals surface area contributed by atoms with Gasteiger partial charge in [0.1, 0.15) is 30.2 Å². The van der Waals surface area contributed by atoms with Gasteiger partial charge < -0.3 is 39.5 Å². The van der Waals surface area contributed by atoms with E-state index in [1.54, 1.807) is 29.2 Å². The maximum atomic E-state index is 12.6. The van der Waals surface area contributed by atoms with Crippen molar-refractivity contribution in [3.05, 3.63) is 54.1 Å². The molecule has 9 nitrogen and oxygen atoms in total. The van der Waals surface area contributed by atoms with Crippen LogP contribution in [0.25, 0.3) is 11.1 Å². The molecule has 2 saturated heterocycles.